The molecule has 2 aliphatic rings. The van der Waals surface area contributed by atoms with Crippen LogP contribution in [0, 0.1) is 0 Å². The molecule has 0 N–H and O–H groups in total. The summed E-state index contributed by atoms with van der Waals surface area (Å²) >= 11 is 0. The summed E-state index contributed by atoms with van der Waals surface area (Å²) in [7, 11) is -3.01. The standard InChI is InChI=1S/C10H12O2S/c1-7-8(2)10-6-4-3-5-9(7)13(10,11)12/h3-6,9-10H,1-2H3/t9-,10-/m1/s1. The summed E-state index contributed by atoms with van der Waals surface area (Å²) < 4.78 is 23.7. The monoisotopic (exact) mass is 196 g/mol. The Morgan fingerprint density at radius 1 is 1.00 bits per heavy atom. The van der Waals surface area contributed by atoms with Crippen molar-refractivity contribution in [2.75, 3.05) is 0 Å². The van der Waals surface area contributed by atoms with E-state index in [1.165, 1.54) is 0 Å². The summed E-state index contributed by atoms with van der Waals surface area (Å²) in [6.07, 6.45) is 7.16. The van der Waals surface area contributed by atoms with Crippen molar-refractivity contribution in [3.05, 3.63) is 35.5 Å². The van der Waals surface area contributed by atoms with Crippen LogP contribution in [0.4, 0.5) is 0 Å². The zero-order valence-corrected chi connectivity index (χ0v) is 8.51. The SMILES string of the molecule is CC1=C(C)[C@H]2C=CC=C[C@H]1S2(=O)=O. The van der Waals surface area contributed by atoms with Crippen LogP contribution in [0.2, 0.25) is 0 Å². The molecule has 2 bridgehead atoms. The van der Waals surface area contributed by atoms with E-state index in [1.807, 2.05) is 26.0 Å². The highest BCUT2D eigenvalue weighted by molar-refractivity contribution is 7.93. The molecule has 0 amide bonds. The summed E-state index contributed by atoms with van der Waals surface area (Å²) in [6, 6.07) is 0. The molecule has 70 valence electrons. The number of allylic oxidation sites excluding steroid dienone is 2. The molecule has 0 radical (unpaired) electrons. The van der Waals surface area contributed by atoms with Gasteiger partial charge in [-0.25, -0.2) is 8.42 Å². The predicted molar refractivity (Wildman–Crippen MR) is 53.1 cm³/mol. The minimum Gasteiger partial charge on any atom is -0.227 e. The molecule has 0 aromatic heterocycles. The van der Waals surface area contributed by atoms with Gasteiger partial charge in [0.05, 0.1) is 0 Å². The number of sulfone groups is 1. The van der Waals surface area contributed by atoms with Crippen molar-refractivity contribution in [3.63, 3.8) is 0 Å². The van der Waals surface area contributed by atoms with Crippen molar-refractivity contribution >= 4 is 9.84 Å². The maximum Gasteiger partial charge on any atom is 0.170 e. The number of hydrogen-bond acceptors (Lipinski definition) is 2. The molecule has 3 heteroatoms. The molecule has 0 fully saturated rings. The highest BCUT2D eigenvalue weighted by Crippen LogP contribution is 2.35. The zero-order chi connectivity index (χ0) is 9.64. The topological polar surface area (TPSA) is 34.1 Å². The molecule has 0 aromatic rings. The highest BCUT2D eigenvalue weighted by Gasteiger charge is 2.41. The Kier molecular flexibility index (Phi) is 1.74. The van der Waals surface area contributed by atoms with Gasteiger partial charge in [0.2, 0.25) is 0 Å². The van der Waals surface area contributed by atoms with Crippen LogP contribution in [0.25, 0.3) is 0 Å². The number of rotatable bonds is 0. The molecule has 2 rings (SSSR count). The molecule has 0 spiro atoms. The van der Waals surface area contributed by atoms with Gasteiger partial charge < -0.3 is 0 Å². The Morgan fingerprint density at radius 3 is 1.77 bits per heavy atom. The Hall–Kier alpha value is -0.830. The molecule has 0 aliphatic carbocycles. The molecule has 0 saturated carbocycles. The third kappa shape index (κ3) is 1.03. The minimum absolute atomic E-state index is 0.382. The smallest absolute Gasteiger partial charge is 0.170 e. The molecule has 0 unspecified atom stereocenters. The third-order valence-electron chi connectivity index (χ3n) is 2.87. The minimum atomic E-state index is -3.01. The number of fused-ring (bicyclic) bond motifs is 2. The van der Waals surface area contributed by atoms with Crippen LogP contribution in [0.1, 0.15) is 13.8 Å². The van der Waals surface area contributed by atoms with Crippen LogP contribution < -0.4 is 0 Å². The largest absolute Gasteiger partial charge is 0.227 e. The molecule has 2 nitrogen and oxygen atoms in total. The Balaban J connectivity index is 2.70. The van der Waals surface area contributed by atoms with Crippen molar-refractivity contribution in [2.45, 2.75) is 24.3 Å². The lowest BCUT2D eigenvalue weighted by molar-refractivity contribution is 0.594. The normalized spacial score (nSPS) is 35.2. The summed E-state index contributed by atoms with van der Waals surface area (Å²) in [6.45, 7) is 3.81. The van der Waals surface area contributed by atoms with E-state index in [-0.39, 0.29) is 10.5 Å². The maximum atomic E-state index is 11.9. The maximum absolute atomic E-state index is 11.9. The van der Waals surface area contributed by atoms with Crippen molar-refractivity contribution in [3.8, 4) is 0 Å². The molecular formula is C10H12O2S. The van der Waals surface area contributed by atoms with Crippen molar-refractivity contribution in [1.82, 2.24) is 0 Å². The lowest BCUT2D eigenvalue weighted by Gasteiger charge is -2.07. The van der Waals surface area contributed by atoms with Gasteiger partial charge in [0, 0.05) is 0 Å². The fraction of sp³-hybridized carbons (Fsp3) is 0.400. The van der Waals surface area contributed by atoms with Crippen LogP contribution in [-0.4, -0.2) is 18.9 Å². The van der Waals surface area contributed by atoms with Gasteiger partial charge in [-0.1, -0.05) is 35.5 Å². The third-order valence-corrected chi connectivity index (χ3v) is 5.30. The van der Waals surface area contributed by atoms with E-state index in [0.717, 1.165) is 11.1 Å². The summed E-state index contributed by atoms with van der Waals surface area (Å²) in [5.41, 5.74) is 1.98. The average Bonchev–Trinajstić information content (AvgIpc) is 2.23. The van der Waals surface area contributed by atoms with Crippen molar-refractivity contribution < 1.29 is 8.42 Å². The highest BCUT2D eigenvalue weighted by atomic mass is 32.2. The second-order valence-electron chi connectivity index (χ2n) is 3.57. The Morgan fingerprint density at radius 2 is 1.38 bits per heavy atom. The fourth-order valence-corrected chi connectivity index (χ4v) is 4.23. The first kappa shape index (κ1) is 8.75. The van der Waals surface area contributed by atoms with Gasteiger partial charge in [-0.15, -0.1) is 0 Å². The van der Waals surface area contributed by atoms with Gasteiger partial charge in [0.25, 0.3) is 0 Å². The van der Waals surface area contributed by atoms with E-state index in [9.17, 15) is 8.42 Å². The van der Waals surface area contributed by atoms with E-state index >= 15 is 0 Å². The van der Waals surface area contributed by atoms with Crippen molar-refractivity contribution in [2.24, 2.45) is 0 Å². The second kappa shape index (κ2) is 2.58. The van der Waals surface area contributed by atoms with Gasteiger partial charge in [0.1, 0.15) is 10.5 Å². The molecule has 2 aliphatic heterocycles. The van der Waals surface area contributed by atoms with Crippen LogP contribution in [0.3, 0.4) is 0 Å². The first-order valence-corrected chi connectivity index (χ1v) is 5.91. The first-order chi connectivity index (χ1) is 6.05. The lowest BCUT2D eigenvalue weighted by Crippen LogP contribution is -2.22. The summed E-state index contributed by atoms with van der Waals surface area (Å²) in [5.74, 6) is 0. The molecule has 0 aromatic carbocycles. The zero-order valence-electron chi connectivity index (χ0n) is 7.69. The summed E-state index contributed by atoms with van der Waals surface area (Å²) in [4.78, 5) is 0. The lowest BCUT2D eigenvalue weighted by atomic mass is 10.0. The van der Waals surface area contributed by atoms with Gasteiger partial charge >= 0.3 is 0 Å². The molecule has 0 saturated heterocycles. The van der Waals surface area contributed by atoms with Crippen LogP contribution in [0.15, 0.2) is 35.5 Å². The van der Waals surface area contributed by atoms with E-state index in [4.69, 9.17) is 0 Å². The van der Waals surface area contributed by atoms with E-state index in [1.54, 1.807) is 12.2 Å². The van der Waals surface area contributed by atoms with Crippen LogP contribution >= 0.6 is 0 Å². The Labute approximate surface area is 78.6 Å². The first-order valence-electron chi connectivity index (χ1n) is 4.30. The summed E-state index contributed by atoms with van der Waals surface area (Å²) in [5, 5.41) is -0.764. The molecule has 13 heavy (non-hydrogen) atoms. The van der Waals surface area contributed by atoms with Gasteiger partial charge in [-0.2, -0.15) is 0 Å². The number of hydrogen-bond donors (Lipinski definition) is 0. The Bertz CT molecular complexity index is 390. The average molecular weight is 196 g/mol. The molecule has 2 heterocycles. The van der Waals surface area contributed by atoms with Crippen LogP contribution in [-0.2, 0) is 9.84 Å². The van der Waals surface area contributed by atoms with Gasteiger partial charge in [-0.05, 0) is 13.8 Å². The van der Waals surface area contributed by atoms with Gasteiger partial charge in [-0.3, -0.25) is 0 Å². The van der Waals surface area contributed by atoms with Crippen LogP contribution in [0.5, 0.6) is 0 Å². The van der Waals surface area contributed by atoms with Crippen molar-refractivity contribution in [1.29, 1.82) is 0 Å². The van der Waals surface area contributed by atoms with Gasteiger partial charge in [0.15, 0.2) is 9.84 Å². The molecule has 2 atom stereocenters. The van der Waals surface area contributed by atoms with E-state index in [2.05, 4.69) is 0 Å². The van der Waals surface area contributed by atoms with E-state index < -0.39 is 9.84 Å². The molecular weight excluding hydrogens is 184 g/mol. The second-order valence-corrected chi connectivity index (χ2v) is 5.76. The fourth-order valence-electron chi connectivity index (χ4n) is 1.94. The quantitative estimate of drug-likeness (QED) is 0.552. The predicted octanol–water partition coefficient (Wildman–Crippen LogP) is 1.61. The van der Waals surface area contributed by atoms with E-state index in [0.29, 0.717) is 0 Å².